The lowest BCUT2D eigenvalue weighted by atomic mass is 10.0. The number of carbonyl (C=O) groups is 2. The van der Waals surface area contributed by atoms with E-state index in [1.54, 1.807) is 38.1 Å². The van der Waals surface area contributed by atoms with Crippen molar-refractivity contribution in [1.29, 1.82) is 0 Å². The second-order valence-electron chi connectivity index (χ2n) is 5.80. The molecule has 0 aliphatic heterocycles. The third-order valence-electron chi connectivity index (χ3n) is 3.46. The number of hydrogen-bond donors (Lipinski definition) is 3. The summed E-state index contributed by atoms with van der Waals surface area (Å²) in [5.74, 6) is -1.10. The zero-order chi connectivity index (χ0) is 18.4. The molecule has 0 heterocycles. The number of anilines is 2. The molecule has 3 N–H and O–H groups in total. The van der Waals surface area contributed by atoms with Crippen LogP contribution in [0.4, 0.5) is 20.6 Å². The molecule has 0 fully saturated rings. The van der Waals surface area contributed by atoms with E-state index in [9.17, 15) is 14.0 Å². The van der Waals surface area contributed by atoms with E-state index in [0.717, 1.165) is 6.07 Å². The van der Waals surface area contributed by atoms with Gasteiger partial charge in [0, 0.05) is 5.69 Å². The number of nitrogens with one attached hydrogen (secondary N) is 3. The molecule has 2 aromatic rings. The number of halogens is 2. The molecule has 0 aliphatic carbocycles. The minimum absolute atomic E-state index is 0.0876. The summed E-state index contributed by atoms with van der Waals surface area (Å²) in [5, 5.41) is 7.99. The van der Waals surface area contributed by atoms with Gasteiger partial charge in [0.15, 0.2) is 0 Å². The Bertz CT molecular complexity index is 753. The number of hydrogen-bond acceptors (Lipinski definition) is 2. The third kappa shape index (κ3) is 5.46. The molecule has 2 rings (SSSR count). The summed E-state index contributed by atoms with van der Waals surface area (Å²) in [6.07, 6.45) is 0. The fraction of sp³-hybridized carbons (Fsp3) is 0.222. The van der Waals surface area contributed by atoms with E-state index < -0.39 is 23.8 Å². The van der Waals surface area contributed by atoms with Gasteiger partial charge in [0.25, 0.3) is 0 Å². The summed E-state index contributed by atoms with van der Waals surface area (Å²) >= 11 is 5.92. The second-order valence-corrected chi connectivity index (χ2v) is 6.21. The molecule has 0 aliphatic rings. The van der Waals surface area contributed by atoms with Crippen LogP contribution in [0.5, 0.6) is 0 Å². The molecule has 2 aromatic carbocycles. The van der Waals surface area contributed by atoms with Crippen LogP contribution >= 0.6 is 11.6 Å². The van der Waals surface area contributed by atoms with Crippen LogP contribution in [-0.4, -0.2) is 18.0 Å². The monoisotopic (exact) mass is 363 g/mol. The Morgan fingerprint density at radius 3 is 2.32 bits per heavy atom. The van der Waals surface area contributed by atoms with E-state index in [0.29, 0.717) is 5.69 Å². The molecule has 0 aromatic heterocycles. The fourth-order valence-electron chi connectivity index (χ4n) is 2.17. The first-order valence-electron chi connectivity index (χ1n) is 7.75. The van der Waals surface area contributed by atoms with Crippen molar-refractivity contribution >= 4 is 34.9 Å². The molecule has 0 spiro atoms. The van der Waals surface area contributed by atoms with Crippen LogP contribution in [0.15, 0.2) is 48.5 Å². The van der Waals surface area contributed by atoms with Crippen LogP contribution in [-0.2, 0) is 4.79 Å². The summed E-state index contributed by atoms with van der Waals surface area (Å²) in [6, 6.07) is 11.3. The Hall–Kier alpha value is -2.60. The lowest BCUT2D eigenvalue weighted by Crippen LogP contribution is -2.48. The first kappa shape index (κ1) is 18.7. The van der Waals surface area contributed by atoms with E-state index in [1.165, 1.54) is 12.1 Å². The van der Waals surface area contributed by atoms with Gasteiger partial charge in [-0.1, -0.05) is 43.6 Å². The standard InChI is InChI=1S/C18H19ClFN3O2/c1-11(2)16(23-18(25)21-13-6-4-3-5-7-13)17(24)22-15-9-8-12(20)10-14(15)19/h3-11,16H,1-2H3,(H,22,24)(H2,21,23,25). The Morgan fingerprint density at radius 2 is 1.72 bits per heavy atom. The number of benzene rings is 2. The summed E-state index contributed by atoms with van der Waals surface area (Å²) in [4.78, 5) is 24.6. The quantitative estimate of drug-likeness (QED) is 0.742. The number of amides is 3. The number of urea groups is 1. The third-order valence-corrected chi connectivity index (χ3v) is 3.77. The van der Waals surface area contributed by atoms with Gasteiger partial charge in [0.1, 0.15) is 11.9 Å². The van der Waals surface area contributed by atoms with Crippen LogP contribution in [0, 0.1) is 11.7 Å². The highest BCUT2D eigenvalue weighted by Crippen LogP contribution is 2.23. The maximum atomic E-state index is 13.1. The van der Waals surface area contributed by atoms with E-state index in [1.807, 2.05) is 6.07 Å². The Kier molecular flexibility index (Phi) is 6.36. The first-order chi connectivity index (χ1) is 11.9. The van der Waals surface area contributed by atoms with Crippen molar-refractivity contribution < 1.29 is 14.0 Å². The van der Waals surface area contributed by atoms with E-state index in [-0.39, 0.29) is 16.6 Å². The van der Waals surface area contributed by atoms with E-state index in [4.69, 9.17) is 11.6 Å². The van der Waals surface area contributed by atoms with Gasteiger partial charge in [0.2, 0.25) is 5.91 Å². The predicted molar refractivity (Wildman–Crippen MR) is 97.3 cm³/mol. The first-order valence-corrected chi connectivity index (χ1v) is 8.13. The molecule has 0 bridgehead atoms. The molecule has 25 heavy (non-hydrogen) atoms. The van der Waals surface area contributed by atoms with Gasteiger partial charge in [-0.25, -0.2) is 9.18 Å². The second kappa shape index (κ2) is 8.48. The van der Waals surface area contributed by atoms with Crippen LogP contribution in [0.25, 0.3) is 0 Å². The Morgan fingerprint density at radius 1 is 1.04 bits per heavy atom. The van der Waals surface area contributed by atoms with Gasteiger partial charge >= 0.3 is 6.03 Å². The lowest BCUT2D eigenvalue weighted by molar-refractivity contribution is -0.118. The predicted octanol–water partition coefficient (Wildman–Crippen LogP) is 4.26. The van der Waals surface area contributed by atoms with Gasteiger partial charge in [-0.05, 0) is 36.2 Å². The zero-order valence-electron chi connectivity index (χ0n) is 13.8. The van der Waals surface area contributed by atoms with Crippen molar-refractivity contribution in [2.75, 3.05) is 10.6 Å². The molecule has 3 amide bonds. The minimum atomic E-state index is -0.787. The number of para-hydroxylation sites is 1. The molecule has 0 radical (unpaired) electrons. The van der Waals surface area contributed by atoms with Crippen LogP contribution in [0.3, 0.4) is 0 Å². The summed E-state index contributed by atoms with van der Waals surface area (Å²) in [6.45, 7) is 3.61. The van der Waals surface area contributed by atoms with Crippen molar-refractivity contribution in [1.82, 2.24) is 5.32 Å². The highest BCUT2D eigenvalue weighted by Gasteiger charge is 2.25. The smallest absolute Gasteiger partial charge is 0.319 e. The molecule has 7 heteroatoms. The SMILES string of the molecule is CC(C)C(NC(=O)Nc1ccccc1)C(=O)Nc1ccc(F)cc1Cl. The molecular weight excluding hydrogens is 345 g/mol. The molecule has 5 nitrogen and oxygen atoms in total. The van der Waals surface area contributed by atoms with Gasteiger partial charge in [-0.15, -0.1) is 0 Å². The topological polar surface area (TPSA) is 70.2 Å². The minimum Gasteiger partial charge on any atom is -0.326 e. The van der Waals surface area contributed by atoms with Crippen molar-refractivity contribution in [2.24, 2.45) is 5.92 Å². The van der Waals surface area contributed by atoms with Crippen molar-refractivity contribution in [3.63, 3.8) is 0 Å². The number of carbonyl (C=O) groups excluding carboxylic acids is 2. The summed E-state index contributed by atoms with van der Waals surface area (Å²) in [5.41, 5.74) is 0.897. The summed E-state index contributed by atoms with van der Waals surface area (Å²) in [7, 11) is 0. The average Bonchev–Trinajstić information content (AvgIpc) is 2.55. The van der Waals surface area contributed by atoms with Crippen molar-refractivity contribution in [2.45, 2.75) is 19.9 Å². The van der Waals surface area contributed by atoms with Crippen LogP contribution in [0.1, 0.15) is 13.8 Å². The highest BCUT2D eigenvalue weighted by atomic mass is 35.5. The largest absolute Gasteiger partial charge is 0.326 e. The molecular formula is C18H19ClFN3O2. The van der Waals surface area contributed by atoms with Gasteiger partial charge in [-0.2, -0.15) is 0 Å². The van der Waals surface area contributed by atoms with Crippen molar-refractivity contribution in [3.8, 4) is 0 Å². The molecule has 0 saturated heterocycles. The number of rotatable bonds is 5. The van der Waals surface area contributed by atoms with Gasteiger partial charge in [0.05, 0.1) is 10.7 Å². The summed E-state index contributed by atoms with van der Waals surface area (Å²) < 4.78 is 13.1. The van der Waals surface area contributed by atoms with E-state index >= 15 is 0 Å². The van der Waals surface area contributed by atoms with Crippen LogP contribution < -0.4 is 16.0 Å². The molecule has 0 saturated carbocycles. The molecule has 1 atom stereocenters. The maximum absolute atomic E-state index is 13.1. The van der Waals surface area contributed by atoms with Gasteiger partial charge in [-0.3, -0.25) is 4.79 Å². The normalized spacial score (nSPS) is 11.7. The highest BCUT2D eigenvalue weighted by molar-refractivity contribution is 6.33. The van der Waals surface area contributed by atoms with Crippen molar-refractivity contribution in [3.05, 3.63) is 59.4 Å². The fourth-order valence-corrected chi connectivity index (χ4v) is 2.38. The Labute approximate surface area is 150 Å². The zero-order valence-corrected chi connectivity index (χ0v) is 14.6. The van der Waals surface area contributed by atoms with Crippen LogP contribution in [0.2, 0.25) is 5.02 Å². The van der Waals surface area contributed by atoms with E-state index in [2.05, 4.69) is 16.0 Å². The average molecular weight is 364 g/mol. The Balaban J connectivity index is 2.03. The van der Waals surface area contributed by atoms with Gasteiger partial charge < -0.3 is 16.0 Å². The molecule has 132 valence electrons. The maximum Gasteiger partial charge on any atom is 0.319 e. The lowest BCUT2D eigenvalue weighted by Gasteiger charge is -2.22. The molecule has 1 unspecified atom stereocenters.